The molecule has 0 aliphatic carbocycles. The SMILES string of the molecule is Oc1ccc(-c2c(-n3c4ccccc4c4ccccc43)cccc2-n2c3ccccc3c3ccccc32)cc1N1CN(CN2CN(c3cc(-c4c(-n5c6ccccc6c6ccccc65)cccc4-n4c5ccccc5c5ccccc54)ccc3O)c3ccccc32)c2ccccc21. The van der Waals surface area contributed by atoms with E-state index in [1.165, 1.54) is 43.1 Å². The van der Waals surface area contributed by atoms with Gasteiger partial charge in [0.1, 0.15) is 11.5 Å². The van der Waals surface area contributed by atoms with Crippen LogP contribution in [-0.4, -0.2) is 48.5 Å². The van der Waals surface area contributed by atoms with Crippen LogP contribution < -0.4 is 19.6 Å². The topological polar surface area (TPSA) is 73.1 Å². The fraction of sp³-hybridized carbons (Fsp3) is 0.0345. The van der Waals surface area contributed by atoms with Crippen molar-refractivity contribution in [3.8, 4) is 56.5 Å². The van der Waals surface area contributed by atoms with Crippen LogP contribution in [0.1, 0.15) is 0 Å². The summed E-state index contributed by atoms with van der Waals surface area (Å²) >= 11 is 0. The first-order valence-electron chi connectivity index (χ1n) is 33.1. The molecule has 0 radical (unpaired) electrons. The Labute approximate surface area is 558 Å². The second-order valence-electron chi connectivity index (χ2n) is 25.6. The Balaban J connectivity index is 0.702. The zero-order chi connectivity index (χ0) is 64.0. The molecule has 20 rings (SSSR count). The van der Waals surface area contributed by atoms with Gasteiger partial charge in [-0.15, -0.1) is 0 Å². The van der Waals surface area contributed by atoms with E-state index >= 15 is 0 Å². The monoisotopic (exact) mass is 1250 g/mol. The molecule has 2 aliphatic heterocycles. The number of benzene rings is 14. The van der Waals surface area contributed by atoms with E-state index in [-0.39, 0.29) is 11.5 Å². The van der Waals surface area contributed by atoms with Crippen molar-refractivity contribution in [2.45, 2.75) is 0 Å². The van der Waals surface area contributed by atoms with Gasteiger partial charge in [-0.05, 0) is 132 Å². The molecule has 0 bridgehead atoms. The molecule has 2 N–H and O–H groups in total. The maximum Gasteiger partial charge on any atom is 0.139 e. The van der Waals surface area contributed by atoms with E-state index in [1.54, 1.807) is 0 Å². The van der Waals surface area contributed by atoms with Gasteiger partial charge in [0.05, 0.1) is 121 Å². The fourth-order valence-electron chi connectivity index (χ4n) is 16.3. The molecular formula is C87H60N8O2. The first-order valence-corrected chi connectivity index (χ1v) is 33.1. The molecule has 18 aromatic rings. The summed E-state index contributed by atoms with van der Waals surface area (Å²) in [6.45, 7) is 1.41. The van der Waals surface area contributed by atoms with Gasteiger partial charge >= 0.3 is 0 Å². The Morgan fingerprint density at radius 3 is 0.711 bits per heavy atom. The van der Waals surface area contributed by atoms with Crippen LogP contribution in [-0.2, 0) is 0 Å². The Bertz CT molecular complexity index is 5430. The van der Waals surface area contributed by atoms with Gasteiger partial charge in [0.25, 0.3) is 0 Å². The summed E-state index contributed by atoms with van der Waals surface area (Å²) in [5.41, 5.74) is 22.5. The Morgan fingerprint density at radius 2 is 0.443 bits per heavy atom. The third kappa shape index (κ3) is 8.14. The van der Waals surface area contributed by atoms with E-state index in [4.69, 9.17) is 0 Å². The standard InChI is InChI=1S/C87H60N8O2/c96-84-49-47-56(86-78(92-66-31-9-1-23-58(66)59-24-2-10-32-67(59)92)43-21-44-79(86)93-68-33-11-3-25-60(68)61-26-4-12-34-69(61)93)51-82(84)90-54-88(74-39-17-19-41-76(74)90)53-89-55-91(77-42-20-18-40-75(77)89)83-52-57(48-50-85(83)97)87-80(94-70-35-13-5-27-62(70)63-28-6-14-36-71(63)94)45-22-46-81(87)95-72-37-15-7-29-64(72)65-30-8-16-38-73(65)95/h1-52,96-97H,53-55H2. The number of para-hydroxylation sites is 12. The van der Waals surface area contributed by atoms with Crippen LogP contribution >= 0.6 is 0 Å². The Kier molecular flexibility index (Phi) is 12.0. The normalized spacial score (nSPS) is 13.1. The number of rotatable bonds is 10. The zero-order valence-electron chi connectivity index (χ0n) is 52.6. The van der Waals surface area contributed by atoms with Gasteiger partial charge in [-0.2, -0.15) is 0 Å². The van der Waals surface area contributed by atoms with Crippen molar-refractivity contribution in [2.24, 2.45) is 0 Å². The van der Waals surface area contributed by atoms with Crippen molar-refractivity contribution in [3.05, 3.63) is 315 Å². The molecule has 6 heterocycles. The fourth-order valence-corrected chi connectivity index (χ4v) is 16.3. The highest BCUT2D eigenvalue weighted by atomic mass is 16.3. The third-order valence-corrected chi connectivity index (χ3v) is 20.4. The van der Waals surface area contributed by atoms with Crippen LogP contribution in [0.3, 0.4) is 0 Å². The summed E-state index contributed by atoms with van der Waals surface area (Å²) in [5, 5.41) is 34.4. The molecule has 10 heteroatoms. The van der Waals surface area contributed by atoms with Crippen LogP contribution in [0.25, 0.3) is 132 Å². The Morgan fingerprint density at radius 1 is 0.216 bits per heavy atom. The minimum atomic E-state index is 0.183. The number of aromatic hydroxyl groups is 2. The van der Waals surface area contributed by atoms with Crippen molar-refractivity contribution in [3.63, 3.8) is 0 Å². The van der Waals surface area contributed by atoms with E-state index in [1.807, 2.05) is 12.1 Å². The van der Waals surface area contributed by atoms with Crippen LogP contribution in [0, 0.1) is 0 Å². The second-order valence-corrected chi connectivity index (χ2v) is 25.6. The summed E-state index contributed by atoms with van der Waals surface area (Å²) in [6, 6.07) is 112. The van der Waals surface area contributed by atoms with E-state index in [0.29, 0.717) is 31.4 Å². The number of anilines is 6. The number of nitrogens with zero attached hydrogens (tertiary/aromatic N) is 8. The Hall–Kier alpha value is -12.9. The molecule has 0 spiro atoms. The lowest BCUT2D eigenvalue weighted by atomic mass is 9.99. The van der Waals surface area contributed by atoms with Gasteiger partial charge in [0.2, 0.25) is 0 Å². The molecule has 14 aromatic carbocycles. The number of hydrogen-bond acceptors (Lipinski definition) is 6. The van der Waals surface area contributed by atoms with Gasteiger partial charge < -0.3 is 48.1 Å². The molecule has 0 atom stereocenters. The van der Waals surface area contributed by atoms with E-state index in [2.05, 4.69) is 341 Å². The summed E-state index contributed by atoms with van der Waals surface area (Å²) < 4.78 is 9.67. The van der Waals surface area contributed by atoms with Crippen LogP contribution in [0.15, 0.2) is 315 Å². The minimum Gasteiger partial charge on any atom is -0.506 e. The van der Waals surface area contributed by atoms with Gasteiger partial charge in [0.15, 0.2) is 0 Å². The van der Waals surface area contributed by atoms with Crippen molar-refractivity contribution < 1.29 is 10.2 Å². The van der Waals surface area contributed by atoms with Crippen LogP contribution in [0.5, 0.6) is 11.5 Å². The highest BCUT2D eigenvalue weighted by Gasteiger charge is 2.35. The van der Waals surface area contributed by atoms with Gasteiger partial charge in [-0.25, -0.2) is 0 Å². The summed E-state index contributed by atoms with van der Waals surface area (Å²) in [4.78, 5) is 9.31. The molecule has 0 fully saturated rings. The van der Waals surface area contributed by atoms with Gasteiger partial charge in [0, 0.05) is 54.2 Å². The summed E-state index contributed by atoms with van der Waals surface area (Å²) in [5.74, 6) is 0.365. The molecule has 10 nitrogen and oxygen atoms in total. The number of phenols is 2. The average molecular weight is 1250 g/mol. The average Bonchev–Trinajstić information content (AvgIpc) is 1.61. The predicted molar refractivity (Wildman–Crippen MR) is 401 cm³/mol. The van der Waals surface area contributed by atoms with Crippen molar-refractivity contribution in [2.75, 3.05) is 39.6 Å². The van der Waals surface area contributed by atoms with Crippen molar-refractivity contribution in [1.29, 1.82) is 0 Å². The lowest BCUT2D eigenvalue weighted by Crippen LogP contribution is -2.40. The lowest BCUT2D eigenvalue weighted by Gasteiger charge is -2.29. The molecule has 460 valence electrons. The van der Waals surface area contributed by atoms with Gasteiger partial charge in [-0.3, -0.25) is 0 Å². The molecule has 2 aliphatic rings. The first-order chi connectivity index (χ1) is 48.0. The molecule has 97 heavy (non-hydrogen) atoms. The zero-order valence-corrected chi connectivity index (χ0v) is 52.6. The highest BCUT2D eigenvalue weighted by molar-refractivity contribution is 6.14. The molecule has 4 aromatic heterocycles. The molecule has 0 saturated carbocycles. The van der Waals surface area contributed by atoms with Crippen LogP contribution in [0.2, 0.25) is 0 Å². The number of hydrogen-bond donors (Lipinski definition) is 2. The summed E-state index contributed by atoms with van der Waals surface area (Å²) in [7, 11) is 0. The van der Waals surface area contributed by atoms with Crippen molar-refractivity contribution in [1.82, 2.24) is 18.3 Å². The molecule has 0 unspecified atom stereocenters. The van der Waals surface area contributed by atoms with Gasteiger partial charge in [-0.1, -0.05) is 194 Å². The maximum atomic E-state index is 12.4. The highest BCUT2D eigenvalue weighted by Crippen LogP contribution is 2.52. The largest absolute Gasteiger partial charge is 0.506 e. The summed E-state index contributed by atoms with van der Waals surface area (Å²) in [6.07, 6.45) is 0. The third-order valence-electron chi connectivity index (χ3n) is 20.4. The predicted octanol–water partition coefficient (Wildman–Crippen LogP) is 21.3. The first kappa shape index (κ1) is 54.6. The number of phenolic OH excluding ortho intramolecular Hbond substituents is 2. The van der Waals surface area contributed by atoms with Crippen LogP contribution in [0.4, 0.5) is 34.1 Å². The quantitative estimate of drug-likeness (QED) is 0.142. The minimum absolute atomic E-state index is 0.183. The number of aromatic nitrogens is 4. The molecule has 0 saturated heterocycles. The van der Waals surface area contributed by atoms with Crippen molar-refractivity contribution >= 4 is 121 Å². The van der Waals surface area contributed by atoms with E-state index in [0.717, 1.165) is 112 Å². The maximum absolute atomic E-state index is 12.4. The smallest absolute Gasteiger partial charge is 0.139 e. The van der Waals surface area contributed by atoms with E-state index in [9.17, 15) is 10.2 Å². The number of fused-ring (bicyclic) bond motifs is 14. The molecule has 0 amide bonds. The second kappa shape index (κ2) is 21.3. The van der Waals surface area contributed by atoms with E-state index < -0.39 is 0 Å². The molecular weight excluding hydrogens is 1190 g/mol. The lowest BCUT2D eigenvalue weighted by molar-refractivity contribution is 0.475.